The molecule has 1 unspecified atom stereocenters. The Morgan fingerprint density at radius 3 is 2.64 bits per heavy atom. The predicted octanol–water partition coefficient (Wildman–Crippen LogP) is 3.07. The minimum Gasteiger partial charge on any atom is -0.387 e. The third-order valence-corrected chi connectivity index (χ3v) is 3.84. The second-order valence-corrected chi connectivity index (χ2v) is 5.67. The summed E-state index contributed by atoms with van der Waals surface area (Å²) in [7, 11) is 0. The van der Waals surface area contributed by atoms with Crippen LogP contribution in [0, 0.1) is 6.92 Å². The summed E-state index contributed by atoms with van der Waals surface area (Å²) in [6.45, 7) is 1.91. The lowest BCUT2D eigenvalue weighted by Crippen LogP contribution is -2.28. The van der Waals surface area contributed by atoms with Crippen LogP contribution in [0.3, 0.4) is 0 Å². The molecule has 0 aliphatic heterocycles. The molecular formula is C15H16Cl2N2O3. The molecule has 2 rings (SSSR count). The van der Waals surface area contributed by atoms with Crippen LogP contribution in [0.1, 0.15) is 29.3 Å². The van der Waals surface area contributed by atoms with Crippen molar-refractivity contribution in [3.63, 3.8) is 0 Å². The van der Waals surface area contributed by atoms with Gasteiger partial charge in [0.15, 0.2) is 0 Å². The van der Waals surface area contributed by atoms with E-state index in [9.17, 15) is 9.90 Å². The Labute approximate surface area is 138 Å². The topological polar surface area (TPSA) is 75.4 Å². The molecule has 22 heavy (non-hydrogen) atoms. The molecule has 2 aromatic rings. The summed E-state index contributed by atoms with van der Waals surface area (Å²) < 4.78 is 4.83. The van der Waals surface area contributed by atoms with E-state index in [1.54, 1.807) is 31.2 Å². The summed E-state index contributed by atoms with van der Waals surface area (Å²) in [4.78, 5) is 11.8. The van der Waals surface area contributed by atoms with Crippen molar-refractivity contribution in [2.24, 2.45) is 0 Å². The largest absolute Gasteiger partial charge is 0.387 e. The predicted molar refractivity (Wildman–Crippen MR) is 84.0 cm³/mol. The average Bonchev–Trinajstić information content (AvgIpc) is 2.82. The number of aryl methyl sites for hydroxylation is 1. The smallest absolute Gasteiger partial charge is 0.229 e. The summed E-state index contributed by atoms with van der Waals surface area (Å²) in [5.41, 5.74) is 2.11. The molecule has 1 heterocycles. The summed E-state index contributed by atoms with van der Waals surface area (Å²) in [6, 6.07) is 6.83. The van der Waals surface area contributed by atoms with Crippen LogP contribution in [0.2, 0.25) is 10.2 Å². The first-order valence-electron chi connectivity index (χ1n) is 6.78. The van der Waals surface area contributed by atoms with Crippen LogP contribution in [0.15, 0.2) is 28.8 Å². The van der Waals surface area contributed by atoms with Gasteiger partial charge in [0.1, 0.15) is 0 Å². The Bertz CT molecular complexity index is 621. The quantitative estimate of drug-likeness (QED) is 0.845. The number of aromatic nitrogens is 1. The molecule has 118 valence electrons. The number of benzene rings is 1. The highest BCUT2D eigenvalue weighted by Crippen LogP contribution is 2.20. The molecule has 0 bridgehead atoms. The molecule has 1 atom stereocenters. The molecule has 0 radical (unpaired) electrons. The number of hydrogen-bond acceptors (Lipinski definition) is 4. The number of nitrogens with one attached hydrogen (secondary N) is 1. The SMILES string of the molecule is Cc1noc(Cl)c1CCC(=O)NCC(O)c1ccc(Cl)cc1. The van der Waals surface area contributed by atoms with E-state index in [4.69, 9.17) is 27.7 Å². The number of carbonyl (C=O) groups excluding carboxylic acids is 1. The second kappa shape index (κ2) is 7.63. The maximum atomic E-state index is 11.8. The van der Waals surface area contributed by atoms with Crippen molar-refractivity contribution in [3.8, 4) is 0 Å². The van der Waals surface area contributed by atoms with E-state index >= 15 is 0 Å². The van der Waals surface area contributed by atoms with Crippen molar-refractivity contribution in [3.05, 3.63) is 51.3 Å². The van der Waals surface area contributed by atoms with Gasteiger partial charge in [0.2, 0.25) is 11.1 Å². The van der Waals surface area contributed by atoms with Gasteiger partial charge in [-0.1, -0.05) is 28.9 Å². The minimum atomic E-state index is -0.776. The van der Waals surface area contributed by atoms with Crippen molar-refractivity contribution < 1.29 is 14.4 Å². The normalized spacial score (nSPS) is 12.2. The van der Waals surface area contributed by atoms with Crippen LogP contribution in [-0.2, 0) is 11.2 Å². The van der Waals surface area contributed by atoms with E-state index in [-0.39, 0.29) is 24.1 Å². The highest BCUT2D eigenvalue weighted by molar-refractivity contribution is 6.30. The first-order valence-corrected chi connectivity index (χ1v) is 7.54. The van der Waals surface area contributed by atoms with E-state index < -0.39 is 6.10 Å². The molecule has 0 saturated carbocycles. The lowest BCUT2D eigenvalue weighted by Gasteiger charge is -2.12. The molecule has 5 nitrogen and oxygen atoms in total. The highest BCUT2D eigenvalue weighted by atomic mass is 35.5. The Kier molecular flexibility index (Phi) is 5.83. The number of nitrogens with zero attached hydrogens (tertiary/aromatic N) is 1. The monoisotopic (exact) mass is 342 g/mol. The number of aliphatic hydroxyl groups is 1. The van der Waals surface area contributed by atoms with Crippen LogP contribution in [0.4, 0.5) is 0 Å². The molecule has 1 aromatic carbocycles. The third-order valence-electron chi connectivity index (χ3n) is 3.29. The Morgan fingerprint density at radius 2 is 2.05 bits per heavy atom. The van der Waals surface area contributed by atoms with Crippen molar-refractivity contribution in [2.75, 3.05) is 6.54 Å². The van der Waals surface area contributed by atoms with E-state index in [1.165, 1.54) is 0 Å². The van der Waals surface area contributed by atoms with Gasteiger partial charge < -0.3 is 14.9 Å². The Hall–Kier alpha value is -1.56. The minimum absolute atomic E-state index is 0.136. The van der Waals surface area contributed by atoms with E-state index in [2.05, 4.69) is 10.5 Å². The van der Waals surface area contributed by atoms with Gasteiger partial charge in [-0.05, 0) is 42.6 Å². The second-order valence-electron chi connectivity index (χ2n) is 4.89. The van der Waals surface area contributed by atoms with Gasteiger partial charge >= 0.3 is 0 Å². The summed E-state index contributed by atoms with van der Waals surface area (Å²) in [5.74, 6) is -0.176. The molecule has 0 aliphatic rings. The number of amides is 1. The first kappa shape index (κ1) is 16.8. The van der Waals surface area contributed by atoms with Crippen molar-refractivity contribution in [1.82, 2.24) is 10.5 Å². The molecule has 1 aromatic heterocycles. The maximum Gasteiger partial charge on any atom is 0.229 e. The Balaban J connectivity index is 1.79. The lowest BCUT2D eigenvalue weighted by molar-refractivity contribution is -0.121. The number of halogens is 2. The maximum absolute atomic E-state index is 11.8. The van der Waals surface area contributed by atoms with Crippen molar-refractivity contribution >= 4 is 29.1 Å². The molecular weight excluding hydrogens is 327 g/mol. The zero-order valence-corrected chi connectivity index (χ0v) is 13.5. The number of carbonyl (C=O) groups is 1. The van der Waals surface area contributed by atoms with Crippen LogP contribution in [-0.4, -0.2) is 22.7 Å². The van der Waals surface area contributed by atoms with E-state index in [0.29, 0.717) is 22.7 Å². The average molecular weight is 343 g/mol. The van der Waals surface area contributed by atoms with Gasteiger partial charge in [-0.25, -0.2) is 0 Å². The lowest BCUT2D eigenvalue weighted by atomic mass is 10.1. The van der Waals surface area contributed by atoms with Gasteiger partial charge in [-0.2, -0.15) is 0 Å². The molecule has 0 spiro atoms. The van der Waals surface area contributed by atoms with Gasteiger partial charge in [-0.15, -0.1) is 0 Å². The zero-order chi connectivity index (χ0) is 16.1. The highest BCUT2D eigenvalue weighted by Gasteiger charge is 2.14. The van der Waals surface area contributed by atoms with Crippen molar-refractivity contribution in [2.45, 2.75) is 25.9 Å². The van der Waals surface area contributed by atoms with Gasteiger partial charge in [0.25, 0.3) is 0 Å². The van der Waals surface area contributed by atoms with Gasteiger partial charge in [0, 0.05) is 23.6 Å². The van der Waals surface area contributed by atoms with Crippen LogP contribution < -0.4 is 5.32 Å². The first-order chi connectivity index (χ1) is 10.5. The Morgan fingerprint density at radius 1 is 1.36 bits per heavy atom. The third kappa shape index (κ3) is 4.47. The fourth-order valence-corrected chi connectivity index (χ4v) is 2.37. The zero-order valence-electron chi connectivity index (χ0n) is 12.0. The van der Waals surface area contributed by atoms with Crippen molar-refractivity contribution in [1.29, 1.82) is 0 Å². The van der Waals surface area contributed by atoms with E-state index in [0.717, 1.165) is 5.56 Å². The summed E-state index contributed by atoms with van der Waals surface area (Å²) in [6.07, 6.45) is -0.0891. The standard InChI is InChI=1S/C15H16Cl2N2O3/c1-9-12(15(17)22-19-9)6-7-14(21)18-8-13(20)10-2-4-11(16)5-3-10/h2-5,13,20H,6-8H2,1H3,(H,18,21). The summed E-state index contributed by atoms with van der Waals surface area (Å²) in [5, 5.41) is 17.2. The number of aliphatic hydroxyl groups excluding tert-OH is 1. The fourth-order valence-electron chi connectivity index (χ4n) is 1.98. The molecule has 0 aliphatic carbocycles. The van der Waals surface area contributed by atoms with Gasteiger partial charge in [0.05, 0.1) is 11.8 Å². The fraction of sp³-hybridized carbons (Fsp3) is 0.333. The van der Waals surface area contributed by atoms with Gasteiger partial charge in [-0.3, -0.25) is 4.79 Å². The number of hydrogen-bond donors (Lipinski definition) is 2. The molecule has 0 saturated heterocycles. The van der Waals surface area contributed by atoms with Crippen LogP contribution >= 0.6 is 23.2 Å². The van der Waals surface area contributed by atoms with E-state index in [1.807, 2.05) is 0 Å². The molecule has 1 amide bonds. The molecule has 2 N–H and O–H groups in total. The summed E-state index contributed by atoms with van der Waals surface area (Å²) >= 11 is 11.6. The molecule has 0 fully saturated rings. The molecule has 7 heteroatoms. The van der Waals surface area contributed by atoms with Crippen LogP contribution in [0.5, 0.6) is 0 Å². The number of rotatable bonds is 6. The van der Waals surface area contributed by atoms with Crippen LogP contribution in [0.25, 0.3) is 0 Å².